The van der Waals surface area contributed by atoms with Gasteiger partial charge in [0.1, 0.15) is 0 Å². The summed E-state index contributed by atoms with van der Waals surface area (Å²) in [7, 11) is 0. The molecule has 4 rings (SSSR count). The summed E-state index contributed by atoms with van der Waals surface area (Å²) in [5.41, 5.74) is 2.07. The third-order valence-electron chi connectivity index (χ3n) is 5.32. The Bertz CT molecular complexity index is 895. The van der Waals surface area contributed by atoms with Gasteiger partial charge in [-0.05, 0) is 49.2 Å². The number of rotatable bonds is 4. The predicted octanol–water partition coefficient (Wildman–Crippen LogP) is 3.56. The Morgan fingerprint density at radius 2 is 1.64 bits per heavy atom. The molecule has 7 heteroatoms. The lowest BCUT2D eigenvalue weighted by atomic mass is 10.1. The molecule has 0 aromatic heterocycles. The average molecular weight is 385 g/mol. The molecule has 28 heavy (non-hydrogen) atoms. The number of nitrogens with one attached hydrogen (secondary N) is 1. The van der Waals surface area contributed by atoms with Crippen molar-refractivity contribution in [2.24, 2.45) is 5.92 Å². The van der Waals surface area contributed by atoms with Crippen molar-refractivity contribution in [3.8, 4) is 0 Å². The average Bonchev–Trinajstić information content (AvgIpc) is 3.35. The third kappa shape index (κ3) is 3.69. The van der Waals surface area contributed by atoms with Crippen LogP contribution in [-0.4, -0.2) is 31.4 Å². The number of halogens is 2. The molecule has 2 aliphatic heterocycles. The second-order valence-electron chi connectivity index (χ2n) is 7.23. The third-order valence-corrected chi connectivity index (χ3v) is 5.32. The van der Waals surface area contributed by atoms with Crippen molar-refractivity contribution in [1.82, 2.24) is 0 Å². The van der Waals surface area contributed by atoms with Crippen LogP contribution in [0, 0.1) is 17.6 Å². The Morgan fingerprint density at radius 1 is 0.964 bits per heavy atom. The molecule has 2 saturated heterocycles. The summed E-state index contributed by atoms with van der Waals surface area (Å²) in [6, 6.07) is 11.0. The summed E-state index contributed by atoms with van der Waals surface area (Å²) in [5.74, 6) is -3.07. The van der Waals surface area contributed by atoms with E-state index in [0.717, 1.165) is 30.9 Å². The first-order valence-electron chi connectivity index (χ1n) is 9.42. The zero-order valence-electron chi connectivity index (χ0n) is 15.3. The van der Waals surface area contributed by atoms with Gasteiger partial charge in [0.15, 0.2) is 11.6 Å². The molecule has 0 spiro atoms. The second-order valence-corrected chi connectivity index (χ2v) is 7.23. The number of hydrogen-bond donors (Lipinski definition) is 1. The Hall–Kier alpha value is -2.96. The number of carbonyl (C=O) groups is 2. The topological polar surface area (TPSA) is 52.7 Å². The molecule has 1 unspecified atom stereocenters. The normalized spacial score (nSPS) is 19.4. The van der Waals surface area contributed by atoms with Crippen molar-refractivity contribution in [3.63, 3.8) is 0 Å². The van der Waals surface area contributed by atoms with Gasteiger partial charge in [-0.3, -0.25) is 9.59 Å². The molecule has 2 aromatic carbocycles. The monoisotopic (exact) mass is 385 g/mol. The standard InChI is InChI=1S/C21H21F2N3O2/c22-18-8-7-17(12-19(18)23)26-13-14(11-20(26)27)21(28)24-15-3-5-16(6-4-15)25-9-1-2-10-25/h3-8,12,14H,1-2,9-11,13H2,(H,24,28). The molecule has 0 saturated carbocycles. The van der Waals surface area contributed by atoms with Gasteiger partial charge in [-0.15, -0.1) is 0 Å². The molecule has 146 valence electrons. The van der Waals surface area contributed by atoms with Gasteiger partial charge in [-0.1, -0.05) is 0 Å². The molecule has 0 radical (unpaired) electrons. The van der Waals surface area contributed by atoms with E-state index in [1.165, 1.54) is 23.8 Å². The van der Waals surface area contributed by atoms with Gasteiger partial charge in [0.05, 0.1) is 5.92 Å². The first-order valence-corrected chi connectivity index (χ1v) is 9.42. The summed E-state index contributed by atoms with van der Waals surface area (Å²) in [4.78, 5) is 28.4. The van der Waals surface area contributed by atoms with Gasteiger partial charge in [0.25, 0.3) is 0 Å². The SMILES string of the molecule is O=C(Nc1ccc(N2CCCC2)cc1)C1CC(=O)N(c2ccc(F)c(F)c2)C1. The Labute approximate surface area is 161 Å². The number of nitrogens with zero attached hydrogens (tertiary/aromatic N) is 2. The van der Waals surface area contributed by atoms with E-state index < -0.39 is 17.6 Å². The lowest BCUT2D eigenvalue weighted by molar-refractivity contribution is -0.122. The first kappa shape index (κ1) is 18.4. The molecule has 5 nitrogen and oxygen atoms in total. The number of anilines is 3. The van der Waals surface area contributed by atoms with Gasteiger partial charge in [0.2, 0.25) is 11.8 Å². The Kier molecular flexibility index (Phi) is 4.98. The lowest BCUT2D eigenvalue weighted by Gasteiger charge is -2.18. The van der Waals surface area contributed by atoms with Crippen molar-refractivity contribution in [1.29, 1.82) is 0 Å². The van der Waals surface area contributed by atoms with Gasteiger partial charge < -0.3 is 15.1 Å². The first-order chi connectivity index (χ1) is 13.5. The van der Waals surface area contributed by atoms with Crippen LogP contribution < -0.4 is 15.1 Å². The zero-order valence-corrected chi connectivity index (χ0v) is 15.3. The van der Waals surface area contributed by atoms with E-state index >= 15 is 0 Å². The van der Waals surface area contributed by atoms with Crippen LogP contribution in [0.5, 0.6) is 0 Å². The quantitative estimate of drug-likeness (QED) is 0.876. The number of benzene rings is 2. The fraction of sp³-hybridized carbons (Fsp3) is 0.333. The zero-order chi connectivity index (χ0) is 19.7. The van der Waals surface area contributed by atoms with E-state index in [1.807, 2.05) is 24.3 Å². The highest BCUT2D eigenvalue weighted by atomic mass is 19.2. The van der Waals surface area contributed by atoms with E-state index in [-0.39, 0.29) is 30.5 Å². The Balaban J connectivity index is 1.39. The fourth-order valence-electron chi connectivity index (χ4n) is 3.76. The van der Waals surface area contributed by atoms with Crippen LogP contribution >= 0.6 is 0 Å². The maximum atomic E-state index is 13.5. The highest BCUT2D eigenvalue weighted by molar-refractivity contribution is 6.03. The molecular formula is C21H21F2N3O2. The van der Waals surface area contributed by atoms with E-state index in [9.17, 15) is 18.4 Å². The van der Waals surface area contributed by atoms with Crippen molar-refractivity contribution < 1.29 is 18.4 Å². The summed E-state index contributed by atoms with van der Waals surface area (Å²) in [5, 5.41) is 2.84. The maximum Gasteiger partial charge on any atom is 0.229 e. The van der Waals surface area contributed by atoms with Crippen molar-refractivity contribution in [3.05, 3.63) is 54.1 Å². The highest BCUT2D eigenvalue weighted by Gasteiger charge is 2.35. The lowest BCUT2D eigenvalue weighted by Crippen LogP contribution is -2.28. The van der Waals surface area contributed by atoms with Crippen LogP contribution in [0.4, 0.5) is 25.8 Å². The Morgan fingerprint density at radius 3 is 2.32 bits per heavy atom. The van der Waals surface area contributed by atoms with E-state index in [1.54, 1.807) is 0 Å². The minimum Gasteiger partial charge on any atom is -0.372 e. The summed E-state index contributed by atoms with van der Waals surface area (Å²) in [6.07, 6.45) is 2.43. The van der Waals surface area contributed by atoms with Crippen molar-refractivity contribution in [2.45, 2.75) is 19.3 Å². The molecule has 2 aromatic rings. The van der Waals surface area contributed by atoms with Gasteiger partial charge >= 0.3 is 0 Å². The van der Waals surface area contributed by atoms with Gasteiger partial charge in [0, 0.05) is 49.2 Å². The van der Waals surface area contributed by atoms with E-state index in [0.29, 0.717) is 5.69 Å². The minimum atomic E-state index is -1.02. The molecule has 2 fully saturated rings. The van der Waals surface area contributed by atoms with Crippen LogP contribution in [0.3, 0.4) is 0 Å². The van der Waals surface area contributed by atoms with Crippen LogP contribution in [0.15, 0.2) is 42.5 Å². The molecule has 2 heterocycles. The van der Waals surface area contributed by atoms with Crippen molar-refractivity contribution >= 4 is 28.9 Å². The molecule has 1 atom stereocenters. The number of carbonyl (C=O) groups excluding carboxylic acids is 2. The largest absolute Gasteiger partial charge is 0.372 e. The van der Waals surface area contributed by atoms with Crippen LogP contribution in [0.2, 0.25) is 0 Å². The molecular weight excluding hydrogens is 364 g/mol. The van der Waals surface area contributed by atoms with Crippen LogP contribution in [0.25, 0.3) is 0 Å². The molecule has 0 bridgehead atoms. The minimum absolute atomic E-state index is 0.0384. The predicted molar refractivity (Wildman–Crippen MR) is 103 cm³/mol. The van der Waals surface area contributed by atoms with Crippen LogP contribution in [-0.2, 0) is 9.59 Å². The fourth-order valence-corrected chi connectivity index (χ4v) is 3.76. The maximum absolute atomic E-state index is 13.5. The van der Waals surface area contributed by atoms with Crippen LogP contribution in [0.1, 0.15) is 19.3 Å². The summed E-state index contributed by atoms with van der Waals surface area (Å²) >= 11 is 0. The van der Waals surface area contributed by atoms with Crippen molar-refractivity contribution in [2.75, 3.05) is 34.8 Å². The summed E-state index contributed by atoms with van der Waals surface area (Å²) in [6.45, 7) is 2.24. The number of amides is 2. The molecule has 0 aliphatic carbocycles. The molecule has 2 aliphatic rings. The van der Waals surface area contributed by atoms with E-state index in [4.69, 9.17) is 0 Å². The highest BCUT2D eigenvalue weighted by Crippen LogP contribution is 2.28. The molecule has 2 amide bonds. The molecule has 1 N–H and O–H groups in total. The smallest absolute Gasteiger partial charge is 0.229 e. The summed E-state index contributed by atoms with van der Waals surface area (Å²) < 4.78 is 26.6. The van der Waals surface area contributed by atoms with Gasteiger partial charge in [-0.25, -0.2) is 8.78 Å². The van der Waals surface area contributed by atoms with E-state index in [2.05, 4.69) is 10.2 Å². The van der Waals surface area contributed by atoms with Gasteiger partial charge in [-0.2, -0.15) is 0 Å². The second kappa shape index (κ2) is 7.58. The number of hydrogen-bond acceptors (Lipinski definition) is 3.